The van der Waals surface area contributed by atoms with Gasteiger partial charge in [0.2, 0.25) is 5.89 Å². The van der Waals surface area contributed by atoms with Gasteiger partial charge in [-0.1, -0.05) is 17.3 Å². The number of aromatic nitrogens is 2. The minimum absolute atomic E-state index is 0.159. The van der Waals surface area contributed by atoms with E-state index in [1.165, 1.54) is 25.0 Å². The standard InChI is InChI=1S/C19H23FN4O3/c20-14-4-1-2-5-15(14)21-19(25)24-10-3-6-16(24)18-22-17(23-27-18)9-11-26-12-13-7-8-13/h1-2,4-5,13,16H,3,6-12H2,(H,21,25). The number of benzene rings is 1. The summed E-state index contributed by atoms with van der Waals surface area (Å²) in [6.45, 7) is 1.93. The molecule has 1 aromatic heterocycles. The van der Waals surface area contributed by atoms with Gasteiger partial charge in [0.1, 0.15) is 11.9 Å². The third-order valence-corrected chi connectivity index (χ3v) is 4.92. The number of hydrogen-bond acceptors (Lipinski definition) is 5. The van der Waals surface area contributed by atoms with Crippen molar-refractivity contribution in [2.75, 3.05) is 25.1 Å². The van der Waals surface area contributed by atoms with Crippen LogP contribution in [-0.4, -0.2) is 40.8 Å². The number of carbonyl (C=O) groups is 1. The lowest BCUT2D eigenvalue weighted by Crippen LogP contribution is -2.34. The summed E-state index contributed by atoms with van der Waals surface area (Å²) in [5, 5.41) is 6.62. The molecule has 0 spiro atoms. The van der Waals surface area contributed by atoms with Gasteiger partial charge in [0, 0.05) is 19.6 Å². The summed E-state index contributed by atoms with van der Waals surface area (Å²) in [5.41, 5.74) is 0.159. The van der Waals surface area contributed by atoms with E-state index in [9.17, 15) is 9.18 Å². The number of hydrogen-bond donors (Lipinski definition) is 1. The lowest BCUT2D eigenvalue weighted by atomic mass is 10.2. The predicted octanol–water partition coefficient (Wildman–Crippen LogP) is 3.55. The molecular formula is C19H23FN4O3. The van der Waals surface area contributed by atoms with Gasteiger partial charge in [-0.25, -0.2) is 9.18 Å². The second-order valence-electron chi connectivity index (χ2n) is 7.08. The summed E-state index contributed by atoms with van der Waals surface area (Å²) in [4.78, 5) is 18.6. The quantitative estimate of drug-likeness (QED) is 0.750. The van der Waals surface area contributed by atoms with Crippen molar-refractivity contribution in [3.05, 3.63) is 41.8 Å². The van der Waals surface area contributed by atoms with Gasteiger partial charge in [-0.15, -0.1) is 0 Å². The van der Waals surface area contributed by atoms with Gasteiger partial charge in [-0.3, -0.25) is 0 Å². The molecule has 1 N–H and O–H groups in total. The largest absolute Gasteiger partial charge is 0.381 e. The number of rotatable bonds is 7. The Morgan fingerprint density at radius 1 is 1.33 bits per heavy atom. The third-order valence-electron chi connectivity index (χ3n) is 4.92. The van der Waals surface area contributed by atoms with Crippen LogP contribution < -0.4 is 5.32 Å². The smallest absolute Gasteiger partial charge is 0.322 e. The Kier molecular flexibility index (Phi) is 5.33. The molecule has 2 heterocycles. The Hall–Kier alpha value is -2.48. The monoisotopic (exact) mass is 374 g/mol. The number of nitrogens with zero attached hydrogens (tertiary/aromatic N) is 3. The SMILES string of the molecule is O=C(Nc1ccccc1F)N1CCCC1c1nc(CCOCC2CC2)no1. The maximum atomic E-state index is 13.8. The van der Waals surface area contributed by atoms with Crippen LogP contribution in [0.3, 0.4) is 0 Å². The molecule has 1 saturated carbocycles. The number of likely N-dealkylation sites (tertiary alicyclic amines) is 1. The zero-order valence-corrected chi connectivity index (χ0v) is 15.1. The van der Waals surface area contributed by atoms with Crippen LogP contribution >= 0.6 is 0 Å². The summed E-state index contributed by atoms with van der Waals surface area (Å²) in [7, 11) is 0. The van der Waals surface area contributed by atoms with Crippen molar-refractivity contribution in [1.29, 1.82) is 0 Å². The molecule has 2 amide bonds. The van der Waals surface area contributed by atoms with Crippen molar-refractivity contribution >= 4 is 11.7 Å². The van der Waals surface area contributed by atoms with Crippen LogP contribution in [-0.2, 0) is 11.2 Å². The molecule has 1 aromatic carbocycles. The number of urea groups is 1. The van der Waals surface area contributed by atoms with Crippen LogP contribution in [0.4, 0.5) is 14.9 Å². The first-order chi connectivity index (χ1) is 13.2. The Bertz CT molecular complexity index is 793. The van der Waals surface area contributed by atoms with Gasteiger partial charge in [0.05, 0.1) is 12.3 Å². The zero-order chi connectivity index (χ0) is 18.6. The van der Waals surface area contributed by atoms with E-state index in [2.05, 4.69) is 15.5 Å². The highest BCUT2D eigenvalue weighted by Gasteiger charge is 2.34. The van der Waals surface area contributed by atoms with E-state index in [1.54, 1.807) is 17.0 Å². The van der Waals surface area contributed by atoms with Crippen LogP contribution in [0.1, 0.15) is 43.4 Å². The lowest BCUT2D eigenvalue weighted by molar-refractivity contribution is 0.125. The number of amides is 2. The molecule has 1 saturated heterocycles. The molecule has 2 aromatic rings. The molecule has 27 heavy (non-hydrogen) atoms. The molecule has 1 unspecified atom stereocenters. The maximum Gasteiger partial charge on any atom is 0.322 e. The average molecular weight is 374 g/mol. The van der Waals surface area contributed by atoms with Crippen LogP contribution in [0, 0.1) is 11.7 Å². The fourth-order valence-corrected chi connectivity index (χ4v) is 3.22. The second kappa shape index (κ2) is 8.04. The first-order valence-corrected chi connectivity index (χ1v) is 9.43. The van der Waals surface area contributed by atoms with Gasteiger partial charge in [0.25, 0.3) is 0 Å². The molecule has 4 rings (SSSR count). The minimum atomic E-state index is -0.465. The lowest BCUT2D eigenvalue weighted by Gasteiger charge is -2.22. The molecule has 144 valence electrons. The van der Waals surface area contributed by atoms with Crippen molar-refractivity contribution in [2.45, 2.75) is 38.1 Å². The topological polar surface area (TPSA) is 80.5 Å². The van der Waals surface area contributed by atoms with E-state index in [0.29, 0.717) is 31.3 Å². The third kappa shape index (κ3) is 4.44. The summed E-state index contributed by atoms with van der Waals surface area (Å²) < 4.78 is 24.8. The number of para-hydroxylation sites is 1. The minimum Gasteiger partial charge on any atom is -0.381 e. The summed E-state index contributed by atoms with van der Waals surface area (Å²) in [6, 6.07) is 5.45. The Morgan fingerprint density at radius 2 is 2.19 bits per heavy atom. The first-order valence-electron chi connectivity index (χ1n) is 9.43. The maximum absolute atomic E-state index is 13.8. The van der Waals surface area contributed by atoms with Crippen molar-refractivity contribution in [1.82, 2.24) is 15.0 Å². The fourth-order valence-electron chi connectivity index (χ4n) is 3.22. The van der Waals surface area contributed by atoms with Gasteiger partial charge in [-0.2, -0.15) is 4.98 Å². The number of halogens is 1. The zero-order valence-electron chi connectivity index (χ0n) is 15.1. The van der Waals surface area contributed by atoms with Gasteiger partial charge in [0.15, 0.2) is 5.82 Å². The molecule has 7 nitrogen and oxygen atoms in total. The Labute approximate surface area is 156 Å². The molecule has 0 radical (unpaired) electrons. The number of carbonyl (C=O) groups excluding carboxylic acids is 1. The highest BCUT2D eigenvalue weighted by atomic mass is 19.1. The first kappa shape index (κ1) is 17.9. The number of ether oxygens (including phenoxy) is 1. The second-order valence-corrected chi connectivity index (χ2v) is 7.08. The highest BCUT2D eigenvalue weighted by molar-refractivity contribution is 5.89. The highest BCUT2D eigenvalue weighted by Crippen LogP contribution is 2.32. The van der Waals surface area contributed by atoms with Crippen LogP contribution in [0.5, 0.6) is 0 Å². The van der Waals surface area contributed by atoms with Crippen LogP contribution in [0.25, 0.3) is 0 Å². The average Bonchev–Trinajstić information content (AvgIpc) is 3.17. The van der Waals surface area contributed by atoms with Crippen molar-refractivity contribution < 1.29 is 18.4 Å². The van der Waals surface area contributed by atoms with Gasteiger partial charge >= 0.3 is 6.03 Å². The predicted molar refractivity (Wildman–Crippen MR) is 95.6 cm³/mol. The molecule has 1 aliphatic carbocycles. The molecule has 2 fully saturated rings. The number of anilines is 1. The molecule has 8 heteroatoms. The van der Waals surface area contributed by atoms with E-state index < -0.39 is 5.82 Å². The summed E-state index contributed by atoms with van der Waals surface area (Å²) >= 11 is 0. The molecule has 1 aliphatic heterocycles. The van der Waals surface area contributed by atoms with Gasteiger partial charge in [-0.05, 0) is 43.7 Å². The van der Waals surface area contributed by atoms with Gasteiger partial charge < -0.3 is 19.5 Å². The normalized spacial score (nSPS) is 19.4. The van der Waals surface area contributed by atoms with Crippen molar-refractivity contribution in [2.24, 2.45) is 5.92 Å². The molecule has 1 atom stereocenters. The van der Waals surface area contributed by atoms with E-state index in [-0.39, 0.29) is 17.8 Å². The van der Waals surface area contributed by atoms with E-state index in [1.807, 2.05) is 0 Å². The summed E-state index contributed by atoms with van der Waals surface area (Å²) in [5.74, 6) is 1.27. The van der Waals surface area contributed by atoms with E-state index in [0.717, 1.165) is 25.4 Å². The fraction of sp³-hybridized carbons (Fsp3) is 0.526. The molecular weight excluding hydrogens is 351 g/mol. The summed E-state index contributed by atoms with van der Waals surface area (Å²) in [6.07, 6.45) is 4.68. The Morgan fingerprint density at radius 3 is 3.00 bits per heavy atom. The van der Waals surface area contributed by atoms with Crippen LogP contribution in [0.2, 0.25) is 0 Å². The van der Waals surface area contributed by atoms with Crippen molar-refractivity contribution in [3.63, 3.8) is 0 Å². The molecule has 2 aliphatic rings. The van der Waals surface area contributed by atoms with Crippen LogP contribution in [0.15, 0.2) is 28.8 Å². The van der Waals surface area contributed by atoms with Crippen molar-refractivity contribution in [3.8, 4) is 0 Å². The van der Waals surface area contributed by atoms with E-state index in [4.69, 9.17) is 9.26 Å². The number of nitrogens with one attached hydrogen (secondary N) is 1. The molecule has 0 bridgehead atoms. The van der Waals surface area contributed by atoms with E-state index >= 15 is 0 Å². The Balaban J connectivity index is 1.34.